The van der Waals surface area contributed by atoms with Gasteiger partial charge in [0.15, 0.2) is 0 Å². The van der Waals surface area contributed by atoms with E-state index < -0.39 is 6.04 Å². The molecule has 1 N–H and O–H groups in total. The highest BCUT2D eigenvalue weighted by Crippen LogP contribution is 2.27. The van der Waals surface area contributed by atoms with Gasteiger partial charge in [0.1, 0.15) is 17.6 Å². The van der Waals surface area contributed by atoms with E-state index in [1.54, 1.807) is 35.0 Å². The molecule has 0 bridgehead atoms. The van der Waals surface area contributed by atoms with Gasteiger partial charge < -0.3 is 9.80 Å². The van der Waals surface area contributed by atoms with E-state index in [-0.39, 0.29) is 23.5 Å². The maximum absolute atomic E-state index is 13.4. The number of hydrogen-bond acceptors (Lipinski definition) is 3. The largest absolute Gasteiger partial charge is 0.342 e. The summed E-state index contributed by atoms with van der Waals surface area (Å²) in [5.41, 5.74) is 3.92. The van der Waals surface area contributed by atoms with Crippen molar-refractivity contribution < 1.29 is 14.0 Å². The SMILES string of the molecule is CC(C)c1cc(C(=O)N2CCN(C)C(=O)C2Cc2ccccc2-c2ccc(F)cc2)n[nH]1. The van der Waals surface area contributed by atoms with Gasteiger partial charge in [-0.3, -0.25) is 14.7 Å². The number of carbonyl (C=O) groups is 2. The highest BCUT2D eigenvalue weighted by Gasteiger charge is 2.37. The molecule has 0 saturated carbocycles. The predicted molar refractivity (Wildman–Crippen MR) is 121 cm³/mol. The van der Waals surface area contributed by atoms with Gasteiger partial charge in [0, 0.05) is 32.3 Å². The second-order valence-electron chi connectivity index (χ2n) is 8.51. The second-order valence-corrected chi connectivity index (χ2v) is 8.51. The molecule has 1 aromatic heterocycles. The number of aromatic nitrogens is 2. The molecule has 1 saturated heterocycles. The molecule has 166 valence electrons. The lowest BCUT2D eigenvalue weighted by atomic mass is 9.93. The molecule has 7 heteroatoms. The van der Waals surface area contributed by atoms with Crippen LogP contribution in [-0.2, 0) is 11.2 Å². The smallest absolute Gasteiger partial charge is 0.275 e. The normalized spacial score (nSPS) is 16.7. The number of hydrogen-bond donors (Lipinski definition) is 1. The summed E-state index contributed by atoms with van der Waals surface area (Å²) in [7, 11) is 1.76. The molecule has 0 radical (unpaired) electrons. The average Bonchev–Trinajstić information content (AvgIpc) is 3.28. The topological polar surface area (TPSA) is 69.3 Å². The summed E-state index contributed by atoms with van der Waals surface area (Å²) in [6.45, 7) is 4.96. The van der Waals surface area contributed by atoms with E-state index in [0.717, 1.165) is 22.4 Å². The number of aromatic amines is 1. The van der Waals surface area contributed by atoms with Crippen LogP contribution in [0.1, 0.15) is 41.5 Å². The van der Waals surface area contributed by atoms with Crippen LogP contribution in [0.15, 0.2) is 54.6 Å². The predicted octanol–water partition coefficient (Wildman–Crippen LogP) is 3.86. The lowest BCUT2D eigenvalue weighted by molar-refractivity contribution is -0.138. The van der Waals surface area contributed by atoms with Gasteiger partial charge >= 0.3 is 0 Å². The molecule has 32 heavy (non-hydrogen) atoms. The maximum Gasteiger partial charge on any atom is 0.275 e. The van der Waals surface area contributed by atoms with Crippen LogP contribution < -0.4 is 0 Å². The van der Waals surface area contributed by atoms with Gasteiger partial charge in [0.25, 0.3) is 5.91 Å². The minimum atomic E-state index is -0.637. The van der Waals surface area contributed by atoms with Gasteiger partial charge in [-0.05, 0) is 40.8 Å². The molecule has 1 aliphatic rings. The van der Waals surface area contributed by atoms with Crippen LogP contribution in [-0.4, -0.2) is 58.0 Å². The standard InChI is InChI=1S/C25H27FN4O2/c1-16(2)21-15-22(28-27-21)24(31)30-13-12-29(3)25(32)23(30)14-18-6-4-5-7-20(18)17-8-10-19(26)11-9-17/h4-11,15-16,23H,12-14H2,1-3H3,(H,27,28). The van der Waals surface area contributed by atoms with Gasteiger partial charge in [-0.15, -0.1) is 0 Å². The molecule has 6 nitrogen and oxygen atoms in total. The van der Waals surface area contributed by atoms with Crippen LogP contribution in [0.5, 0.6) is 0 Å². The fourth-order valence-electron chi connectivity index (χ4n) is 4.06. The van der Waals surface area contributed by atoms with Gasteiger partial charge in [0.05, 0.1) is 0 Å². The molecular formula is C25H27FN4O2. The van der Waals surface area contributed by atoms with Crippen LogP contribution in [0.25, 0.3) is 11.1 Å². The van der Waals surface area contributed by atoms with Crippen LogP contribution in [0, 0.1) is 5.82 Å². The first-order chi connectivity index (χ1) is 15.3. The van der Waals surface area contributed by atoms with Gasteiger partial charge in [-0.1, -0.05) is 50.2 Å². The van der Waals surface area contributed by atoms with Gasteiger partial charge in [0.2, 0.25) is 5.91 Å². The number of amides is 2. The fraction of sp³-hybridized carbons (Fsp3) is 0.320. The summed E-state index contributed by atoms with van der Waals surface area (Å²) in [6.07, 6.45) is 0.365. The fourth-order valence-corrected chi connectivity index (χ4v) is 4.06. The molecule has 2 amide bonds. The Morgan fingerprint density at radius 1 is 1.16 bits per heavy atom. The minimum Gasteiger partial charge on any atom is -0.342 e. The first-order valence-electron chi connectivity index (χ1n) is 10.8. The van der Waals surface area contributed by atoms with Gasteiger partial charge in [-0.25, -0.2) is 4.39 Å². The number of rotatable bonds is 5. The Morgan fingerprint density at radius 2 is 1.88 bits per heavy atom. The summed E-state index contributed by atoms with van der Waals surface area (Å²) in [6, 6.07) is 15.2. The number of benzene rings is 2. The lowest BCUT2D eigenvalue weighted by Crippen LogP contribution is -2.58. The van der Waals surface area contributed by atoms with Crippen molar-refractivity contribution in [2.24, 2.45) is 0 Å². The lowest BCUT2D eigenvalue weighted by Gasteiger charge is -2.39. The van der Waals surface area contributed by atoms with Crippen LogP contribution in [0.2, 0.25) is 0 Å². The number of halogens is 1. The number of nitrogens with one attached hydrogen (secondary N) is 1. The van der Waals surface area contributed by atoms with Crippen molar-refractivity contribution in [3.63, 3.8) is 0 Å². The van der Waals surface area contributed by atoms with Crippen molar-refractivity contribution in [2.75, 3.05) is 20.1 Å². The van der Waals surface area contributed by atoms with Crippen molar-refractivity contribution in [1.29, 1.82) is 0 Å². The van der Waals surface area contributed by atoms with E-state index in [1.807, 2.05) is 38.1 Å². The third kappa shape index (κ3) is 4.28. The van der Waals surface area contributed by atoms with Crippen molar-refractivity contribution in [1.82, 2.24) is 20.0 Å². The van der Waals surface area contributed by atoms with Crippen LogP contribution in [0.4, 0.5) is 4.39 Å². The highest BCUT2D eigenvalue weighted by atomic mass is 19.1. The first-order valence-corrected chi connectivity index (χ1v) is 10.8. The van der Waals surface area contributed by atoms with Gasteiger partial charge in [-0.2, -0.15) is 5.10 Å². The molecule has 4 rings (SSSR count). The number of piperazine rings is 1. The molecule has 3 aromatic rings. The summed E-state index contributed by atoms with van der Waals surface area (Å²) >= 11 is 0. The third-order valence-corrected chi connectivity index (χ3v) is 6.00. The van der Waals surface area contributed by atoms with E-state index in [1.165, 1.54) is 12.1 Å². The Bertz CT molecular complexity index is 1120. The summed E-state index contributed by atoms with van der Waals surface area (Å²) in [5, 5.41) is 7.12. The molecule has 2 aromatic carbocycles. The Hall–Kier alpha value is -3.48. The van der Waals surface area contributed by atoms with E-state index in [2.05, 4.69) is 10.2 Å². The molecule has 0 aliphatic carbocycles. The Labute approximate surface area is 187 Å². The first kappa shape index (κ1) is 21.7. The molecule has 0 spiro atoms. The van der Waals surface area contributed by atoms with Crippen molar-refractivity contribution in [3.05, 3.63) is 77.4 Å². The maximum atomic E-state index is 13.4. The van der Waals surface area contributed by atoms with E-state index >= 15 is 0 Å². The van der Waals surface area contributed by atoms with E-state index in [4.69, 9.17) is 0 Å². The molecule has 1 fully saturated rings. The molecule has 1 unspecified atom stereocenters. The molecule has 1 aliphatic heterocycles. The van der Waals surface area contributed by atoms with E-state index in [0.29, 0.717) is 25.2 Å². The minimum absolute atomic E-state index is 0.0990. The zero-order chi connectivity index (χ0) is 22.8. The molecule has 1 atom stereocenters. The quantitative estimate of drug-likeness (QED) is 0.663. The molecular weight excluding hydrogens is 407 g/mol. The van der Waals surface area contributed by atoms with Crippen molar-refractivity contribution in [3.8, 4) is 11.1 Å². The zero-order valence-corrected chi connectivity index (χ0v) is 18.5. The summed E-state index contributed by atoms with van der Waals surface area (Å²) in [5.74, 6) is -0.430. The number of likely N-dealkylation sites (N-methyl/N-ethyl adjacent to an activating group) is 1. The second kappa shape index (κ2) is 8.94. The third-order valence-electron chi connectivity index (χ3n) is 6.00. The van der Waals surface area contributed by atoms with Crippen LogP contribution in [0.3, 0.4) is 0 Å². The average molecular weight is 435 g/mol. The zero-order valence-electron chi connectivity index (χ0n) is 18.5. The van der Waals surface area contributed by atoms with Crippen molar-refractivity contribution in [2.45, 2.75) is 32.2 Å². The summed E-state index contributed by atoms with van der Waals surface area (Å²) in [4.78, 5) is 29.7. The van der Waals surface area contributed by atoms with E-state index in [9.17, 15) is 14.0 Å². The number of H-pyrrole nitrogens is 1. The summed E-state index contributed by atoms with van der Waals surface area (Å²) < 4.78 is 13.4. The van der Waals surface area contributed by atoms with Crippen molar-refractivity contribution >= 4 is 11.8 Å². The Kier molecular flexibility index (Phi) is 6.08. The number of carbonyl (C=O) groups excluding carboxylic acids is 2. The highest BCUT2D eigenvalue weighted by molar-refractivity contribution is 5.97. The Morgan fingerprint density at radius 3 is 2.56 bits per heavy atom. The molecule has 2 heterocycles. The van der Waals surface area contributed by atoms with Crippen LogP contribution >= 0.6 is 0 Å². The Balaban J connectivity index is 1.66. The monoisotopic (exact) mass is 434 g/mol. The number of nitrogens with zero attached hydrogens (tertiary/aromatic N) is 3.